The average molecular weight is 171 g/mol. The van der Waals surface area contributed by atoms with Crippen LogP contribution in [0.5, 0.6) is 0 Å². The second kappa shape index (κ2) is 5.50. The van der Waals surface area contributed by atoms with Crippen molar-refractivity contribution in [2.45, 2.75) is 19.8 Å². The van der Waals surface area contributed by atoms with Crippen LogP contribution < -0.4 is 0 Å². The fourth-order valence-corrected chi connectivity index (χ4v) is 2.12. The Balaban J connectivity index is 0. The minimum absolute atomic E-state index is 0. The first-order valence-corrected chi connectivity index (χ1v) is 7.27. The van der Waals surface area contributed by atoms with E-state index in [0.29, 0.717) is 0 Å². The summed E-state index contributed by atoms with van der Waals surface area (Å²) in [7, 11) is -0.678. The van der Waals surface area contributed by atoms with Crippen LogP contribution in [0, 0.1) is 0 Å². The molecule has 0 aliphatic heterocycles. The van der Waals surface area contributed by atoms with E-state index in [0.717, 1.165) is 0 Å². The largest absolute Gasteiger partial charge is 0.147 e. The van der Waals surface area contributed by atoms with Gasteiger partial charge in [-0.05, 0) is 0 Å². The summed E-state index contributed by atoms with van der Waals surface area (Å²) in [4.78, 5) is 0. The van der Waals surface area contributed by atoms with Crippen LogP contribution in [0.2, 0.25) is 0 Å². The Kier molecular flexibility index (Phi) is 7.58. The van der Waals surface area contributed by atoms with Crippen LogP contribution in [0.4, 0.5) is 0 Å². The van der Waals surface area contributed by atoms with Gasteiger partial charge in [0.2, 0.25) is 0 Å². The van der Waals surface area contributed by atoms with Crippen molar-refractivity contribution in [1.82, 2.24) is 0 Å². The van der Waals surface area contributed by atoms with Crippen LogP contribution in [-0.2, 0) is 0 Å². The van der Waals surface area contributed by atoms with Gasteiger partial charge in [0, 0.05) is 0 Å². The molecule has 60 valence electrons. The molecule has 0 aromatic rings. The van der Waals surface area contributed by atoms with Crippen LogP contribution in [0.1, 0.15) is 19.8 Å². The van der Waals surface area contributed by atoms with Crippen molar-refractivity contribution in [3.8, 4) is 0 Å². The molecular weight excluding hydrogens is 151 g/mol. The molecule has 0 aliphatic rings. The number of hydrogen-bond acceptors (Lipinski definition) is 0. The molecule has 0 heterocycles. The molecular formula is C7H20ClP. The van der Waals surface area contributed by atoms with Gasteiger partial charge in [0.25, 0.3) is 0 Å². The molecule has 0 saturated heterocycles. The van der Waals surface area contributed by atoms with Crippen LogP contribution in [0.25, 0.3) is 0 Å². The Hall–Kier alpha value is 0.720. The van der Waals surface area contributed by atoms with E-state index in [4.69, 9.17) is 0 Å². The third kappa shape index (κ3) is 12.0. The minimum Gasteiger partial charge on any atom is -0.147 e. The SMILES string of the molecule is CCCC[PH](C)(C)C.Cl. The normalized spacial score (nSPS) is 12.4. The van der Waals surface area contributed by atoms with Gasteiger partial charge in [0.15, 0.2) is 0 Å². The van der Waals surface area contributed by atoms with E-state index in [2.05, 4.69) is 26.9 Å². The zero-order chi connectivity index (χ0) is 6.62. The quantitative estimate of drug-likeness (QED) is 0.572. The van der Waals surface area contributed by atoms with Gasteiger partial charge in [-0.2, -0.15) is 0 Å². The Morgan fingerprint density at radius 3 is 1.67 bits per heavy atom. The maximum Gasteiger partial charge on any atom is -0.147 e. The van der Waals surface area contributed by atoms with Crippen molar-refractivity contribution in [2.24, 2.45) is 0 Å². The van der Waals surface area contributed by atoms with E-state index in [1.54, 1.807) is 0 Å². The van der Waals surface area contributed by atoms with Gasteiger partial charge in [-0.1, -0.05) is 0 Å². The molecule has 0 amide bonds. The second-order valence-electron chi connectivity index (χ2n) is 3.66. The fourth-order valence-electron chi connectivity index (χ4n) is 0.707. The molecule has 0 radical (unpaired) electrons. The van der Waals surface area contributed by atoms with Crippen LogP contribution in [-0.4, -0.2) is 26.2 Å². The Bertz CT molecular complexity index is 56.4. The first-order valence-electron chi connectivity index (χ1n) is 3.56. The van der Waals surface area contributed by atoms with E-state index < -0.39 is 7.26 Å². The number of unbranched alkanes of at least 4 members (excludes halogenated alkanes) is 1. The van der Waals surface area contributed by atoms with Crippen molar-refractivity contribution in [2.75, 3.05) is 26.2 Å². The van der Waals surface area contributed by atoms with E-state index in [-0.39, 0.29) is 12.4 Å². The number of halogens is 1. The summed E-state index contributed by atoms with van der Waals surface area (Å²) in [5.41, 5.74) is 0. The zero-order valence-corrected chi connectivity index (χ0v) is 8.85. The fraction of sp³-hybridized carbons (Fsp3) is 1.00. The van der Waals surface area contributed by atoms with Gasteiger partial charge < -0.3 is 0 Å². The van der Waals surface area contributed by atoms with Crippen LogP contribution in [0.15, 0.2) is 0 Å². The predicted molar refractivity (Wildman–Crippen MR) is 53.1 cm³/mol. The molecule has 0 aliphatic carbocycles. The molecule has 0 atom stereocenters. The first kappa shape index (κ1) is 12.4. The summed E-state index contributed by atoms with van der Waals surface area (Å²) in [5.74, 6) is 0. The molecule has 0 N–H and O–H groups in total. The molecule has 0 aromatic heterocycles. The molecule has 0 nitrogen and oxygen atoms in total. The summed E-state index contributed by atoms with van der Waals surface area (Å²) in [5, 5.41) is 0. The minimum atomic E-state index is -0.678. The molecule has 0 spiro atoms. The molecule has 0 rings (SSSR count). The van der Waals surface area contributed by atoms with Crippen molar-refractivity contribution in [3.63, 3.8) is 0 Å². The van der Waals surface area contributed by atoms with Gasteiger partial charge in [-0.15, -0.1) is 12.4 Å². The van der Waals surface area contributed by atoms with Gasteiger partial charge in [0.05, 0.1) is 0 Å². The predicted octanol–water partition coefficient (Wildman–Crippen LogP) is 2.85. The standard InChI is InChI=1S/C7H19P.ClH/c1-5-6-7-8(2,3)4;/h8H,5-7H2,1-4H3;1H. The second-order valence-corrected chi connectivity index (χ2v) is 9.29. The molecule has 0 fully saturated rings. The van der Waals surface area contributed by atoms with Crippen molar-refractivity contribution in [1.29, 1.82) is 0 Å². The number of hydrogen-bond donors (Lipinski definition) is 0. The third-order valence-electron chi connectivity index (χ3n) is 1.28. The Morgan fingerprint density at radius 2 is 1.56 bits per heavy atom. The van der Waals surface area contributed by atoms with Crippen molar-refractivity contribution in [3.05, 3.63) is 0 Å². The van der Waals surface area contributed by atoms with E-state index in [9.17, 15) is 0 Å². The van der Waals surface area contributed by atoms with Crippen molar-refractivity contribution >= 4 is 19.7 Å². The van der Waals surface area contributed by atoms with E-state index >= 15 is 0 Å². The Labute approximate surface area is 66.2 Å². The maximum atomic E-state index is 2.43. The summed E-state index contributed by atoms with van der Waals surface area (Å²) >= 11 is 0. The molecule has 0 bridgehead atoms. The smallest absolute Gasteiger partial charge is 0.147 e. The zero-order valence-electron chi connectivity index (χ0n) is 7.03. The Morgan fingerprint density at radius 1 is 1.11 bits per heavy atom. The monoisotopic (exact) mass is 170 g/mol. The summed E-state index contributed by atoms with van der Waals surface area (Å²) in [6.45, 7) is 9.56. The molecule has 0 saturated carbocycles. The molecule has 0 unspecified atom stereocenters. The third-order valence-corrected chi connectivity index (χ3v) is 3.13. The van der Waals surface area contributed by atoms with Crippen LogP contribution >= 0.6 is 19.7 Å². The van der Waals surface area contributed by atoms with Crippen molar-refractivity contribution < 1.29 is 0 Å². The topological polar surface area (TPSA) is 0 Å². The summed E-state index contributed by atoms with van der Waals surface area (Å²) in [6, 6.07) is 0. The summed E-state index contributed by atoms with van der Waals surface area (Å²) < 4.78 is 0. The average Bonchev–Trinajstić information content (AvgIpc) is 1.59. The van der Waals surface area contributed by atoms with E-state index in [1.807, 2.05) is 0 Å². The van der Waals surface area contributed by atoms with E-state index in [1.165, 1.54) is 19.0 Å². The first-order chi connectivity index (χ1) is 3.56. The number of rotatable bonds is 3. The summed E-state index contributed by atoms with van der Waals surface area (Å²) in [6.07, 6.45) is 4.31. The van der Waals surface area contributed by atoms with Gasteiger partial charge >= 0.3 is 53.2 Å². The van der Waals surface area contributed by atoms with Crippen LogP contribution in [0.3, 0.4) is 0 Å². The maximum absolute atomic E-state index is 2.43. The van der Waals surface area contributed by atoms with Gasteiger partial charge in [-0.25, -0.2) is 0 Å². The molecule has 0 aromatic carbocycles. The molecule has 9 heavy (non-hydrogen) atoms. The van der Waals surface area contributed by atoms with Gasteiger partial charge in [-0.3, -0.25) is 0 Å². The van der Waals surface area contributed by atoms with Gasteiger partial charge in [0.1, 0.15) is 0 Å². The molecule has 2 heteroatoms.